The molecule has 3 rings (SSSR count). The van der Waals surface area contributed by atoms with Crippen LogP contribution in [0.3, 0.4) is 0 Å². The van der Waals surface area contributed by atoms with Gasteiger partial charge in [0.1, 0.15) is 12.1 Å². The highest BCUT2D eigenvalue weighted by molar-refractivity contribution is 5.91. The third-order valence-corrected chi connectivity index (χ3v) is 2.93. The van der Waals surface area contributed by atoms with Gasteiger partial charge in [-0.25, -0.2) is 9.97 Å². The fourth-order valence-electron chi connectivity index (χ4n) is 2.03. The number of nitrogens with one attached hydrogen (secondary N) is 1. The number of ether oxygens (including phenoxy) is 1. The molecule has 17 heavy (non-hydrogen) atoms. The number of aromatic nitrogens is 2. The molecule has 5 heteroatoms. The Labute approximate surface area is 99.0 Å². The van der Waals surface area contributed by atoms with Crippen molar-refractivity contribution in [2.75, 3.05) is 24.3 Å². The molecule has 1 unspecified atom stereocenters. The number of nitrogens with zero attached hydrogens (tertiary/aromatic N) is 2. The molecule has 0 saturated carbocycles. The molecule has 0 radical (unpaired) electrons. The second-order valence-corrected chi connectivity index (χ2v) is 4.20. The van der Waals surface area contributed by atoms with Gasteiger partial charge in [0.15, 0.2) is 0 Å². The van der Waals surface area contributed by atoms with Crippen molar-refractivity contribution in [2.45, 2.75) is 12.5 Å². The van der Waals surface area contributed by atoms with Crippen molar-refractivity contribution >= 4 is 22.4 Å². The van der Waals surface area contributed by atoms with Crippen LogP contribution < -0.4 is 11.1 Å². The predicted octanol–water partition coefficient (Wildman–Crippen LogP) is 1.41. The standard InChI is InChI=1S/C12H14N4O/c13-8-1-2-11-10(5-8)12(15-7-14-11)16-9-3-4-17-6-9/h1-2,5,7,9H,3-4,6,13H2,(H,14,15,16). The van der Waals surface area contributed by atoms with Gasteiger partial charge >= 0.3 is 0 Å². The summed E-state index contributed by atoms with van der Waals surface area (Å²) in [5, 5.41) is 4.34. The van der Waals surface area contributed by atoms with Crippen molar-refractivity contribution in [2.24, 2.45) is 0 Å². The Morgan fingerprint density at radius 1 is 1.35 bits per heavy atom. The fraction of sp³-hybridized carbons (Fsp3) is 0.333. The molecule has 5 nitrogen and oxygen atoms in total. The molecule has 1 saturated heterocycles. The Kier molecular flexibility index (Phi) is 2.53. The molecule has 1 atom stereocenters. The SMILES string of the molecule is Nc1ccc2ncnc(NC3CCOC3)c2c1. The van der Waals surface area contributed by atoms with E-state index in [1.807, 2.05) is 18.2 Å². The number of nitrogen functional groups attached to an aromatic ring is 1. The lowest BCUT2D eigenvalue weighted by atomic mass is 10.2. The molecule has 0 spiro atoms. The van der Waals surface area contributed by atoms with Crippen LogP contribution in [-0.2, 0) is 4.74 Å². The summed E-state index contributed by atoms with van der Waals surface area (Å²) >= 11 is 0. The smallest absolute Gasteiger partial charge is 0.137 e. The quantitative estimate of drug-likeness (QED) is 0.763. The van der Waals surface area contributed by atoms with E-state index in [9.17, 15) is 0 Å². The highest BCUT2D eigenvalue weighted by Crippen LogP contribution is 2.23. The zero-order valence-corrected chi connectivity index (χ0v) is 9.39. The molecule has 1 aliphatic heterocycles. The van der Waals surface area contributed by atoms with Crippen LogP contribution in [0.15, 0.2) is 24.5 Å². The van der Waals surface area contributed by atoms with Crippen molar-refractivity contribution in [1.82, 2.24) is 9.97 Å². The molecule has 1 aromatic carbocycles. The minimum atomic E-state index is 0.328. The van der Waals surface area contributed by atoms with Gasteiger partial charge in [-0.05, 0) is 24.6 Å². The molecule has 1 aliphatic rings. The van der Waals surface area contributed by atoms with Crippen LogP contribution in [-0.4, -0.2) is 29.2 Å². The first-order valence-corrected chi connectivity index (χ1v) is 5.67. The Hall–Kier alpha value is -1.88. The van der Waals surface area contributed by atoms with Crippen molar-refractivity contribution in [3.63, 3.8) is 0 Å². The lowest BCUT2D eigenvalue weighted by molar-refractivity contribution is 0.195. The molecule has 0 aliphatic carbocycles. The van der Waals surface area contributed by atoms with Crippen molar-refractivity contribution in [3.05, 3.63) is 24.5 Å². The molecular formula is C12H14N4O. The van der Waals surface area contributed by atoms with E-state index in [0.717, 1.165) is 42.0 Å². The summed E-state index contributed by atoms with van der Waals surface area (Å²) in [7, 11) is 0. The summed E-state index contributed by atoms with van der Waals surface area (Å²) < 4.78 is 5.33. The van der Waals surface area contributed by atoms with Gasteiger partial charge in [0.25, 0.3) is 0 Å². The first kappa shape index (κ1) is 10.3. The molecule has 2 heterocycles. The zero-order chi connectivity index (χ0) is 11.7. The number of benzene rings is 1. The molecule has 3 N–H and O–H groups in total. The number of fused-ring (bicyclic) bond motifs is 1. The van der Waals surface area contributed by atoms with E-state index in [2.05, 4.69) is 15.3 Å². The van der Waals surface area contributed by atoms with Crippen LogP contribution in [0.2, 0.25) is 0 Å². The van der Waals surface area contributed by atoms with Crippen molar-refractivity contribution < 1.29 is 4.74 Å². The predicted molar refractivity (Wildman–Crippen MR) is 66.8 cm³/mol. The summed E-state index contributed by atoms with van der Waals surface area (Å²) in [5.41, 5.74) is 7.41. The first-order valence-electron chi connectivity index (χ1n) is 5.67. The minimum absolute atomic E-state index is 0.328. The maximum atomic E-state index is 5.79. The van der Waals surface area contributed by atoms with Crippen LogP contribution in [0.5, 0.6) is 0 Å². The Morgan fingerprint density at radius 3 is 3.12 bits per heavy atom. The maximum absolute atomic E-state index is 5.79. The zero-order valence-electron chi connectivity index (χ0n) is 9.39. The van der Waals surface area contributed by atoms with Gasteiger partial charge in [-0.1, -0.05) is 0 Å². The monoisotopic (exact) mass is 230 g/mol. The number of anilines is 2. The normalized spacial score (nSPS) is 19.6. The molecule has 0 amide bonds. The van der Waals surface area contributed by atoms with Crippen LogP contribution in [0.25, 0.3) is 10.9 Å². The summed E-state index contributed by atoms with van der Waals surface area (Å²) in [4.78, 5) is 8.50. The third-order valence-electron chi connectivity index (χ3n) is 2.93. The van der Waals surface area contributed by atoms with Crippen molar-refractivity contribution in [3.8, 4) is 0 Å². The highest BCUT2D eigenvalue weighted by Gasteiger charge is 2.16. The molecule has 0 bridgehead atoms. The fourth-order valence-corrected chi connectivity index (χ4v) is 2.03. The van der Waals surface area contributed by atoms with Gasteiger partial charge < -0.3 is 15.8 Å². The van der Waals surface area contributed by atoms with Crippen LogP contribution in [0, 0.1) is 0 Å². The van der Waals surface area contributed by atoms with E-state index >= 15 is 0 Å². The van der Waals surface area contributed by atoms with E-state index < -0.39 is 0 Å². The van der Waals surface area contributed by atoms with E-state index in [0.29, 0.717) is 6.04 Å². The van der Waals surface area contributed by atoms with Gasteiger partial charge in [-0.15, -0.1) is 0 Å². The number of hydrogen-bond acceptors (Lipinski definition) is 5. The van der Waals surface area contributed by atoms with E-state index in [1.165, 1.54) is 0 Å². The molecule has 1 fully saturated rings. The Morgan fingerprint density at radius 2 is 2.29 bits per heavy atom. The topological polar surface area (TPSA) is 73.1 Å². The largest absolute Gasteiger partial charge is 0.399 e. The molecule has 2 aromatic rings. The van der Waals surface area contributed by atoms with E-state index in [-0.39, 0.29) is 0 Å². The summed E-state index contributed by atoms with van der Waals surface area (Å²) in [5.74, 6) is 0.831. The van der Waals surface area contributed by atoms with Gasteiger partial charge in [0.2, 0.25) is 0 Å². The lowest BCUT2D eigenvalue weighted by Gasteiger charge is -2.13. The number of hydrogen-bond donors (Lipinski definition) is 2. The summed E-state index contributed by atoms with van der Waals surface area (Å²) in [6.45, 7) is 1.54. The molecule has 88 valence electrons. The van der Waals surface area contributed by atoms with Crippen LogP contribution in [0.4, 0.5) is 11.5 Å². The maximum Gasteiger partial charge on any atom is 0.137 e. The van der Waals surface area contributed by atoms with Crippen LogP contribution >= 0.6 is 0 Å². The average molecular weight is 230 g/mol. The Balaban J connectivity index is 1.99. The minimum Gasteiger partial charge on any atom is -0.399 e. The van der Waals surface area contributed by atoms with Gasteiger partial charge in [0, 0.05) is 17.7 Å². The summed E-state index contributed by atoms with van der Waals surface area (Å²) in [6.07, 6.45) is 2.57. The number of rotatable bonds is 2. The lowest BCUT2D eigenvalue weighted by Crippen LogP contribution is -2.19. The van der Waals surface area contributed by atoms with Gasteiger partial charge in [-0.2, -0.15) is 0 Å². The number of nitrogens with two attached hydrogens (primary N) is 1. The second-order valence-electron chi connectivity index (χ2n) is 4.20. The van der Waals surface area contributed by atoms with Crippen molar-refractivity contribution in [1.29, 1.82) is 0 Å². The Bertz CT molecular complexity index is 537. The first-order chi connectivity index (χ1) is 8.33. The molecule has 1 aromatic heterocycles. The summed E-state index contributed by atoms with van der Waals surface area (Å²) in [6, 6.07) is 5.98. The molecular weight excluding hydrogens is 216 g/mol. The van der Waals surface area contributed by atoms with Crippen LogP contribution in [0.1, 0.15) is 6.42 Å². The average Bonchev–Trinajstić information content (AvgIpc) is 2.83. The van der Waals surface area contributed by atoms with Gasteiger partial charge in [0.05, 0.1) is 18.2 Å². The third kappa shape index (κ3) is 2.01. The van der Waals surface area contributed by atoms with E-state index in [1.54, 1.807) is 6.33 Å². The van der Waals surface area contributed by atoms with Gasteiger partial charge in [-0.3, -0.25) is 0 Å². The second kappa shape index (κ2) is 4.18. The highest BCUT2D eigenvalue weighted by atomic mass is 16.5. The van der Waals surface area contributed by atoms with E-state index in [4.69, 9.17) is 10.5 Å².